The maximum atomic E-state index is 12.3. The summed E-state index contributed by atoms with van der Waals surface area (Å²) < 4.78 is 5.93. The van der Waals surface area contributed by atoms with Gasteiger partial charge in [0.2, 0.25) is 0 Å². The van der Waals surface area contributed by atoms with E-state index in [9.17, 15) is 4.79 Å². The summed E-state index contributed by atoms with van der Waals surface area (Å²) in [5.41, 5.74) is 2.56. The van der Waals surface area contributed by atoms with E-state index in [1.54, 1.807) is 6.07 Å². The SMILES string of the molecule is CCON1C(=O)c2ccccc2C1OCc1ccccc1. The number of amides is 1. The van der Waals surface area contributed by atoms with Crippen molar-refractivity contribution in [3.8, 4) is 0 Å². The van der Waals surface area contributed by atoms with Gasteiger partial charge in [0.05, 0.1) is 13.2 Å². The Bertz CT molecular complexity index is 627. The van der Waals surface area contributed by atoms with Gasteiger partial charge in [-0.15, -0.1) is 0 Å². The van der Waals surface area contributed by atoms with E-state index in [0.717, 1.165) is 11.1 Å². The molecular formula is C17H17NO3. The molecule has 1 aliphatic rings. The van der Waals surface area contributed by atoms with Crippen molar-refractivity contribution in [1.82, 2.24) is 5.06 Å². The maximum Gasteiger partial charge on any atom is 0.280 e. The molecule has 3 rings (SSSR count). The normalized spacial score (nSPS) is 17.1. The topological polar surface area (TPSA) is 38.8 Å². The average molecular weight is 283 g/mol. The van der Waals surface area contributed by atoms with Crippen LogP contribution in [0.5, 0.6) is 0 Å². The van der Waals surface area contributed by atoms with Crippen molar-refractivity contribution in [3.63, 3.8) is 0 Å². The summed E-state index contributed by atoms with van der Waals surface area (Å²) in [5.74, 6) is -0.148. The highest BCUT2D eigenvalue weighted by molar-refractivity contribution is 5.98. The molecule has 0 spiro atoms. The number of ether oxygens (including phenoxy) is 1. The van der Waals surface area contributed by atoms with Crippen molar-refractivity contribution in [2.24, 2.45) is 0 Å². The number of hydroxylamine groups is 2. The van der Waals surface area contributed by atoms with Gasteiger partial charge in [0.15, 0.2) is 6.23 Å². The zero-order valence-corrected chi connectivity index (χ0v) is 11.9. The first-order valence-electron chi connectivity index (χ1n) is 7.02. The molecule has 4 heteroatoms. The minimum Gasteiger partial charge on any atom is -0.347 e. The fraction of sp³-hybridized carbons (Fsp3) is 0.235. The van der Waals surface area contributed by atoms with Gasteiger partial charge < -0.3 is 4.74 Å². The molecule has 1 heterocycles. The molecule has 0 saturated heterocycles. The number of rotatable bonds is 5. The van der Waals surface area contributed by atoms with Gasteiger partial charge in [-0.25, -0.2) is 0 Å². The first-order chi connectivity index (χ1) is 10.3. The largest absolute Gasteiger partial charge is 0.347 e. The standard InChI is InChI=1S/C17H17NO3/c1-2-21-18-16(19)14-10-6-7-11-15(14)17(18)20-12-13-8-4-3-5-9-13/h3-11,17H,2,12H2,1H3. The van der Waals surface area contributed by atoms with Crippen molar-refractivity contribution < 1.29 is 14.4 Å². The summed E-state index contributed by atoms with van der Waals surface area (Å²) in [4.78, 5) is 17.8. The molecule has 1 atom stereocenters. The Morgan fingerprint density at radius 2 is 1.76 bits per heavy atom. The number of carbonyl (C=O) groups excluding carboxylic acids is 1. The monoisotopic (exact) mass is 283 g/mol. The van der Waals surface area contributed by atoms with Gasteiger partial charge in [0, 0.05) is 11.1 Å². The molecule has 0 saturated carbocycles. The smallest absolute Gasteiger partial charge is 0.280 e. The van der Waals surface area contributed by atoms with Crippen LogP contribution in [0.1, 0.15) is 34.6 Å². The van der Waals surface area contributed by atoms with E-state index in [0.29, 0.717) is 18.8 Å². The predicted molar refractivity (Wildman–Crippen MR) is 78.2 cm³/mol. The fourth-order valence-corrected chi connectivity index (χ4v) is 2.43. The maximum absolute atomic E-state index is 12.3. The highest BCUT2D eigenvalue weighted by atomic mass is 16.7. The average Bonchev–Trinajstić information content (AvgIpc) is 2.80. The van der Waals surface area contributed by atoms with Gasteiger partial charge in [-0.05, 0) is 18.6 Å². The van der Waals surface area contributed by atoms with E-state index in [1.807, 2.05) is 55.5 Å². The summed E-state index contributed by atoms with van der Waals surface area (Å²) in [6.45, 7) is 2.70. The highest BCUT2D eigenvalue weighted by Gasteiger charge is 2.38. The quantitative estimate of drug-likeness (QED) is 0.845. The molecule has 21 heavy (non-hydrogen) atoms. The van der Waals surface area contributed by atoms with Crippen LogP contribution in [0.2, 0.25) is 0 Å². The predicted octanol–water partition coefficient (Wildman–Crippen LogP) is 3.31. The summed E-state index contributed by atoms with van der Waals surface area (Å²) in [5, 5.41) is 1.33. The third kappa shape index (κ3) is 2.68. The molecule has 0 aromatic heterocycles. The lowest BCUT2D eigenvalue weighted by atomic mass is 10.1. The molecule has 2 aromatic rings. The van der Waals surface area contributed by atoms with E-state index in [1.165, 1.54) is 5.06 Å². The Kier molecular flexibility index (Phi) is 3.99. The van der Waals surface area contributed by atoms with Crippen molar-refractivity contribution in [3.05, 3.63) is 71.3 Å². The van der Waals surface area contributed by atoms with Gasteiger partial charge in [-0.1, -0.05) is 48.5 Å². The summed E-state index contributed by atoms with van der Waals surface area (Å²) >= 11 is 0. The molecule has 1 unspecified atom stereocenters. The molecule has 0 fully saturated rings. The molecule has 0 radical (unpaired) electrons. The van der Waals surface area contributed by atoms with E-state index in [4.69, 9.17) is 9.57 Å². The van der Waals surface area contributed by atoms with Gasteiger partial charge in [-0.3, -0.25) is 9.63 Å². The third-order valence-electron chi connectivity index (χ3n) is 3.39. The van der Waals surface area contributed by atoms with Gasteiger partial charge >= 0.3 is 0 Å². The van der Waals surface area contributed by atoms with Crippen LogP contribution >= 0.6 is 0 Å². The van der Waals surface area contributed by atoms with Gasteiger partial charge in [0.1, 0.15) is 0 Å². The molecular weight excluding hydrogens is 266 g/mol. The van der Waals surface area contributed by atoms with Crippen LogP contribution in [0.25, 0.3) is 0 Å². The van der Waals surface area contributed by atoms with Crippen LogP contribution in [-0.4, -0.2) is 17.6 Å². The Hall–Kier alpha value is -2.17. The zero-order valence-electron chi connectivity index (χ0n) is 11.9. The lowest BCUT2D eigenvalue weighted by Crippen LogP contribution is -2.29. The number of nitrogens with zero attached hydrogens (tertiary/aromatic N) is 1. The molecule has 2 aromatic carbocycles. The minimum atomic E-state index is -0.492. The minimum absolute atomic E-state index is 0.148. The Morgan fingerprint density at radius 1 is 1.05 bits per heavy atom. The van der Waals surface area contributed by atoms with Gasteiger partial charge in [0.25, 0.3) is 5.91 Å². The second-order valence-electron chi connectivity index (χ2n) is 4.78. The number of hydrogen-bond acceptors (Lipinski definition) is 3. The molecule has 1 aliphatic heterocycles. The fourth-order valence-electron chi connectivity index (χ4n) is 2.43. The lowest BCUT2D eigenvalue weighted by Gasteiger charge is -2.23. The van der Waals surface area contributed by atoms with Crippen LogP contribution < -0.4 is 0 Å². The van der Waals surface area contributed by atoms with Crippen molar-refractivity contribution in [1.29, 1.82) is 0 Å². The van der Waals surface area contributed by atoms with Crippen LogP contribution in [0.4, 0.5) is 0 Å². The molecule has 0 bridgehead atoms. The van der Waals surface area contributed by atoms with E-state index in [-0.39, 0.29) is 5.91 Å². The van der Waals surface area contributed by atoms with Crippen LogP contribution in [0, 0.1) is 0 Å². The highest BCUT2D eigenvalue weighted by Crippen LogP contribution is 2.35. The summed E-state index contributed by atoms with van der Waals surface area (Å²) in [6.07, 6.45) is -0.492. The Balaban J connectivity index is 1.82. The lowest BCUT2D eigenvalue weighted by molar-refractivity contribution is -0.216. The number of carbonyl (C=O) groups is 1. The molecule has 108 valence electrons. The first kappa shape index (κ1) is 13.8. The van der Waals surface area contributed by atoms with Crippen LogP contribution in [0.15, 0.2) is 54.6 Å². The van der Waals surface area contributed by atoms with Crippen molar-refractivity contribution in [2.75, 3.05) is 6.61 Å². The van der Waals surface area contributed by atoms with Crippen molar-refractivity contribution in [2.45, 2.75) is 19.8 Å². The Morgan fingerprint density at radius 3 is 2.52 bits per heavy atom. The van der Waals surface area contributed by atoms with Crippen LogP contribution in [-0.2, 0) is 16.2 Å². The van der Waals surface area contributed by atoms with E-state index < -0.39 is 6.23 Å². The second kappa shape index (κ2) is 6.08. The Labute approximate surface area is 123 Å². The van der Waals surface area contributed by atoms with E-state index >= 15 is 0 Å². The van der Waals surface area contributed by atoms with Crippen LogP contribution in [0.3, 0.4) is 0 Å². The number of benzene rings is 2. The van der Waals surface area contributed by atoms with E-state index in [2.05, 4.69) is 0 Å². The number of fused-ring (bicyclic) bond motifs is 1. The summed E-state index contributed by atoms with van der Waals surface area (Å²) in [6, 6.07) is 17.3. The molecule has 0 aliphatic carbocycles. The third-order valence-corrected chi connectivity index (χ3v) is 3.39. The number of hydrogen-bond donors (Lipinski definition) is 0. The molecule has 0 N–H and O–H groups in total. The zero-order chi connectivity index (χ0) is 14.7. The van der Waals surface area contributed by atoms with Gasteiger partial charge in [-0.2, -0.15) is 5.06 Å². The summed E-state index contributed by atoms with van der Waals surface area (Å²) in [7, 11) is 0. The first-order valence-corrected chi connectivity index (χ1v) is 7.02. The molecule has 4 nitrogen and oxygen atoms in total. The molecule has 1 amide bonds. The second-order valence-corrected chi connectivity index (χ2v) is 4.78. The van der Waals surface area contributed by atoms with Crippen molar-refractivity contribution >= 4 is 5.91 Å².